The van der Waals surface area contributed by atoms with E-state index in [-0.39, 0.29) is 75.1 Å². The monoisotopic (exact) mass is 886 g/mol. The van der Waals surface area contributed by atoms with Crippen LogP contribution in [0.2, 0.25) is 0 Å². The van der Waals surface area contributed by atoms with Crippen molar-refractivity contribution in [3.63, 3.8) is 0 Å². The second kappa shape index (κ2) is 24.1. The number of carbonyl (C=O) groups excluding carboxylic acids is 6. The zero-order valence-corrected chi connectivity index (χ0v) is 38.3. The molecular weight excluding hydrogens is 819 g/mol. The van der Waals surface area contributed by atoms with Gasteiger partial charge in [-0.25, -0.2) is 0 Å². The van der Waals surface area contributed by atoms with Crippen LogP contribution in [0, 0.1) is 17.8 Å². The molecule has 0 bridgehead atoms. The summed E-state index contributed by atoms with van der Waals surface area (Å²) in [4.78, 5) is 87.9. The SMILES string of the molecule is CC(C)C[C@H](NC(=O)[C@H](CCc1ccccc1)N(COC(=O)CCc1cn(C)nn1)C(=O)CN1CCOCC1)C(=O)C[C@@H](Cc1ccccc1)C(=O)N[C@@H](CC(C)C)C(=O)[C@@]1(C)CO1. The molecule has 0 unspecified atom stereocenters. The van der Waals surface area contributed by atoms with Gasteiger partial charge in [0.25, 0.3) is 0 Å². The maximum atomic E-state index is 14.8. The molecule has 2 saturated heterocycles. The summed E-state index contributed by atoms with van der Waals surface area (Å²) in [6.45, 7) is 11.2. The van der Waals surface area contributed by atoms with Gasteiger partial charge in [-0.2, -0.15) is 0 Å². The van der Waals surface area contributed by atoms with Crippen LogP contribution in [-0.4, -0.2) is 130 Å². The van der Waals surface area contributed by atoms with E-state index in [4.69, 9.17) is 14.2 Å². The Hall–Kier alpha value is -5.32. The van der Waals surface area contributed by atoms with Gasteiger partial charge in [0.15, 0.2) is 18.3 Å². The second-order valence-corrected chi connectivity index (χ2v) is 18.1. The lowest BCUT2D eigenvalue weighted by Crippen LogP contribution is -2.56. The Labute approximate surface area is 377 Å². The van der Waals surface area contributed by atoms with Crippen LogP contribution in [0.3, 0.4) is 0 Å². The molecule has 2 aromatic carbocycles. The van der Waals surface area contributed by atoms with E-state index in [0.29, 0.717) is 44.8 Å². The van der Waals surface area contributed by atoms with Gasteiger partial charge in [0.05, 0.1) is 50.6 Å². The molecule has 0 spiro atoms. The number of ether oxygens (including phenoxy) is 3. The number of ketones is 2. The minimum Gasteiger partial charge on any atom is -0.444 e. The van der Waals surface area contributed by atoms with Crippen LogP contribution in [0.5, 0.6) is 0 Å². The lowest BCUT2D eigenvalue weighted by Gasteiger charge is -2.34. The Morgan fingerprint density at radius 3 is 2.05 bits per heavy atom. The zero-order chi connectivity index (χ0) is 46.2. The van der Waals surface area contributed by atoms with Crippen molar-refractivity contribution in [3.8, 4) is 0 Å². The van der Waals surface area contributed by atoms with E-state index in [1.54, 1.807) is 20.2 Å². The topological polar surface area (TPSA) is 195 Å². The van der Waals surface area contributed by atoms with Crippen LogP contribution in [0.25, 0.3) is 0 Å². The number of hydrogen-bond donors (Lipinski definition) is 2. The van der Waals surface area contributed by atoms with Gasteiger partial charge in [0.2, 0.25) is 17.7 Å². The number of hydrogen-bond acceptors (Lipinski definition) is 12. The van der Waals surface area contributed by atoms with E-state index in [0.717, 1.165) is 11.1 Å². The number of rotatable bonds is 26. The average Bonchev–Trinajstić information content (AvgIpc) is 3.89. The van der Waals surface area contributed by atoms with E-state index in [2.05, 4.69) is 20.9 Å². The lowest BCUT2D eigenvalue weighted by atomic mass is 9.87. The first-order chi connectivity index (χ1) is 30.6. The Morgan fingerprint density at radius 2 is 1.45 bits per heavy atom. The molecule has 3 aromatic rings. The molecule has 5 rings (SSSR count). The number of carbonyl (C=O) groups is 6. The number of aromatic nitrogens is 3. The van der Waals surface area contributed by atoms with E-state index >= 15 is 0 Å². The highest BCUT2D eigenvalue weighted by Gasteiger charge is 2.50. The molecule has 1 aromatic heterocycles. The fraction of sp³-hybridized carbons (Fsp3) is 0.583. The van der Waals surface area contributed by atoms with Gasteiger partial charge < -0.3 is 24.8 Å². The van der Waals surface area contributed by atoms with Crippen LogP contribution < -0.4 is 10.6 Å². The van der Waals surface area contributed by atoms with Gasteiger partial charge in [-0.15, -0.1) is 5.10 Å². The van der Waals surface area contributed by atoms with Gasteiger partial charge in [-0.3, -0.25) is 43.2 Å². The maximum absolute atomic E-state index is 14.8. The van der Waals surface area contributed by atoms with Crippen molar-refractivity contribution < 1.29 is 43.0 Å². The minimum atomic E-state index is -1.14. The van der Waals surface area contributed by atoms with E-state index in [9.17, 15) is 28.8 Å². The van der Waals surface area contributed by atoms with E-state index < -0.39 is 60.1 Å². The molecule has 64 heavy (non-hydrogen) atoms. The summed E-state index contributed by atoms with van der Waals surface area (Å²) in [6, 6.07) is 16.0. The van der Waals surface area contributed by atoms with Gasteiger partial charge in [-0.05, 0) is 62.0 Å². The molecule has 0 aliphatic carbocycles. The van der Waals surface area contributed by atoms with Crippen LogP contribution in [0.15, 0.2) is 66.9 Å². The summed E-state index contributed by atoms with van der Waals surface area (Å²) in [5.41, 5.74) is 1.43. The third kappa shape index (κ3) is 15.7. The number of aryl methyl sites for hydroxylation is 3. The molecule has 2 N–H and O–H groups in total. The predicted molar refractivity (Wildman–Crippen MR) is 238 cm³/mol. The smallest absolute Gasteiger partial charge is 0.307 e. The van der Waals surface area contributed by atoms with Crippen LogP contribution in [0.4, 0.5) is 0 Å². The van der Waals surface area contributed by atoms with Crippen molar-refractivity contribution in [2.24, 2.45) is 24.8 Å². The zero-order valence-electron chi connectivity index (χ0n) is 38.3. The van der Waals surface area contributed by atoms with E-state index in [1.165, 1.54) is 9.58 Å². The molecule has 16 nitrogen and oxygen atoms in total. The molecular formula is C48H67N7O9. The molecule has 0 saturated carbocycles. The highest BCUT2D eigenvalue weighted by atomic mass is 16.6. The third-order valence-electron chi connectivity index (χ3n) is 11.6. The minimum absolute atomic E-state index is 0.0206. The molecule has 3 amide bonds. The number of morpholine rings is 1. The summed E-state index contributed by atoms with van der Waals surface area (Å²) < 4.78 is 18.2. The maximum Gasteiger partial charge on any atom is 0.307 e. The highest BCUT2D eigenvalue weighted by Crippen LogP contribution is 2.30. The van der Waals surface area contributed by atoms with Crippen molar-refractivity contribution in [3.05, 3.63) is 83.7 Å². The Bertz CT molecular complexity index is 2000. The summed E-state index contributed by atoms with van der Waals surface area (Å²) in [5, 5.41) is 13.9. The first-order valence-electron chi connectivity index (χ1n) is 22.6. The van der Waals surface area contributed by atoms with Gasteiger partial charge in [0, 0.05) is 45.1 Å². The molecule has 3 heterocycles. The fourth-order valence-corrected chi connectivity index (χ4v) is 7.87. The fourth-order valence-electron chi connectivity index (χ4n) is 7.87. The van der Waals surface area contributed by atoms with E-state index in [1.807, 2.05) is 93.3 Å². The quantitative estimate of drug-likeness (QED) is 0.0677. The lowest BCUT2D eigenvalue weighted by molar-refractivity contribution is -0.159. The van der Waals surface area contributed by atoms with Crippen molar-refractivity contribution in [1.29, 1.82) is 0 Å². The predicted octanol–water partition coefficient (Wildman–Crippen LogP) is 3.65. The number of amides is 3. The second-order valence-electron chi connectivity index (χ2n) is 18.1. The first kappa shape index (κ1) is 49.7. The summed E-state index contributed by atoms with van der Waals surface area (Å²) >= 11 is 0. The normalized spacial score (nSPS) is 18.1. The highest BCUT2D eigenvalue weighted by molar-refractivity contribution is 5.98. The van der Waals surface area contributed by atoms with Gasteiger partial charge in [0.1, 0.15) is 11.6 Å². The molecule has 348 valence electrons. The average molecular weight is 886 g/mol. The molecule has 2 aliphatic rings. The Morgan fingerprint density at radius 1 is 0.844 bits per heavy atom. The molecule has 5 atom stereocenters. The van der Waals surface area contributed by atoms with Crippen molar-refractivity contribution in [2.75, 3.05) is 46.2 Å². The van der Waals surface area contributed by atoms with Crippen LogP contribution >= 0.6 is 0 Å². The number of benzene rings is 2. The van der Waals surface area contributed by atoms with Gasteiger partial charge >= 0.3 is 5.97 Å². The molecule has 16 heteroatoms. The summed E-state index contributed by atoms with van der Waals surface area (Å²) in [7, 11) is 1.73. The Balaban J connectivity index is 1.40. The number of nitrogens with one attached hydrogen (secondary N) is 2. The number of nitrogens with zero attached hydrogens (tertiary/aromatic N) is 5. The molecule has 2 fully saturated rings. The number of Topliss-reactive ketones (excluding diaryl/α,β-unsaturated/α-hetero) is 2. The standard InChI is InChI=1S/C48H67N7O9/c1-33(2)25-39(42(56)28-37(27-36-15-11-8-12-16-36)46(60)50-40(26-34(3)4)45(59)48(5)31-64-48)49-47(61)41(19-17-35-13-9-7-10-14-35)55(43(57)30-54-21-23-62-24-22-54)32-63-44(58)20-18-38-29-53(6)52-51-38/h7-16,29,33-34,37,39-41H,17-28,30-32H2,1-6H3,(H,49,61)(H,50,60)/t37-,39+,40+,41+,48-/m1/s1. The summed E-state index contributed by atoms with van der Waals surface area (Å²) in [6.07, 6.45) is 3.21. The van der Waals surface area contributed by atoms with Crippen LogP contribution in [0.1, 0.15) is 83.5 Å². The molecule has 0 radical (unpaired) electrons. The van der Waals surface area contributed by atoms with Crippen molar-refractivity contribution in [1.82, 2.24) is 35.4 Å². The van der Waals surface area contributed by atoms with Crippen molar-refractivity contribution in [2.45, 2.75) is 110 Å². The van der Waals surface area contributed by atoms with Crippen molar-refractivity contribution >= 4 is 35.3 Å². The Kier molecular flexibility index (Phi) is 18.7. The number of epoxide rings is 1. The third-order valence-corrected chi connectivity index (χ3v) is 11.6. The van der Waals surface area contributed by atoms with Crippen LogP contribution in [-0.2, 0) is 69.3 Å². The van der Waals surface area contributed by atoms with Gasteiger partial charge in [-0.1, -0.05) is 93.6 Å². The number of esters is 1. The summed E-state index contributed by atoms with van der Waals surface area (Å²) in [5.74, 6) is -3.37. The molecule has 2 aliphatic heterocycles. The first-order valence-corrected chi connectivity index (χ1v) is 22.6. The largest absolute Gasteiger partial charge is 0.444 e.